The highest BCUT2D eigenvalue weighted by Crippen LogP contribution is 2.46. The molecule has 7 atom stereocenters. The molecule has 8 nitrogen and oxygen atoms in total. The fourth-order valence-corrected chi connectivity index (χ4v) is 13.1. The van der Waals surface area contributed by atoms with Crippen LogP contribution in [-0.2, 0) is 33.8 Å². The van der Waals surface area contributed by atoms with E-state index in [2.05, 4.69) is 183 Å². The zero-order chi connectivity index (χ0) is 54.0. The average molecular weight is 1030 g/mol. The maximum Gasteiger partial charge on any atom is 0.193 e. The van der Waals surface area contributed by atoms with Gasteiger partial charge >= 0.3 is 0 Å². The first-order chi connectivity index (χ1) is 31.0. The van der Waals surface area contributed by atoms with Crippen LogP contribution in [0.15, 0.2) is 60.2 Å². The lowest BCUT2D eigenvalue weighted by molar-refractivity contribution is -0.135. The molecule has 1 N–H and O–H groups in total. The molecule has 0 aromatic heterocycles. The number of aliphatic hydroxyl groups is 1. The van der Waals surface area contributed by atoms with Crippen molar-refractivity contribution in [1.29, 1.82) is 0 Å². The lowest BCUT2D eigenvalue weighted by atomic mass is 9.85. The van der Waals surface area contributed by atoms with E-state index in [1.807, 2.05) is 30.3 Å². The number of benzene rings is 1. The van der Waals surface area contributed by atoms with Crippen molar-refractivity contribution in [2.24, 2.45) is 11.8 Å². The minimum Gasteiger partial charge on any atom is -0.497 e. The van der Waals surface area contributed by atoms with Gasteiger partial charge in [-0.2, -0.15) is 0 Å². The highest BCUT2D eigenvalue weighted by atomic mass is 28.4. The maximum absolute atomic E-state index is 16.0. The first-order valence-electron chi connectivity index (χ1n) is 26.1. The number of allylic oxidation sites excluding steroid dienone is 3. The van der Waals surface area contributed by atoms with Gasteiger partial charge in [0.25, 0.3) is 0 Å². The van der Waals surface area contributed by atoms with Gasteiger partial charge in [-0.1, -0.05) is 139 Å². The van der Waals surface area contributed by atoms with Gasteiger partial charge in [-0.05, 0) is 148 Å². The Balaban J connectivity index is 4.14. The number of carbonyl (C=O) groups excluding carboxylic acids is 1. The zero-order valence-electron chi connectivity index (χ0n) is 49.5. The highest BCUT2D eigenvalue weighted by Gasteiger charge is 2.51. The molecule has 1 aromatic rings. The van der Waals surface area contributed by atoms with Gasteiger partial charge in [-0.15, -0.1) is 0 Å². The topological polar surface area (TPSA) is 92.7 Å². The van der Waals surface area contributed by atoms with Crippen LogP contribution in [0.1, 0.15) is 155 Å². The Morgan fingerprint density at radius 1 is 0.696 bits per heavy atom. The van der Waals surface area contributed by atoms with Crippen molar-refractivity contribution in [2.45, 2.75) is 259 Å². The van der Waals surface area contributed by atoms with Crippen molar-refractivity contribution < 1.29 is 37.1 Å². The molecular weight excluding hydrogens is 925 g/mol. The predicted octanol–water partition coefficient (Wildman–Crippen LogP) is 16.4. The molecule has 0 saturated heterocycles. The lowest BCUT2D eigenvalue weighted by Crippen LogP contribution is -2.57. The Morgan fingerprint density at radius 2 is 1.17 bits per heavy atom. The zero-order valence-corrected chi connectivity index (χ0v) is 53.5. The second-order valence-corrected chi connectivity index (χ2v) is 46.0. The molecule has 0 bridgehead atoms. The monoisotopic (exact) mass is 1030 g/mol. The summed E-state index contributed by atoms with van der Waals surface area (Å²) < 4.78 is 42.0. The number of hydrogen-bond acceptors (Lipinski definition) is 8. The molecule has 1 rings (SSSR count). The van der Waals surface area contributed by atoms with E-state index in [0.29, 0.717) is 25.4 Å². The van der Waals surface area contributed by atoms with Gasteiger partial charge in [0.1, 0.15) is 11.9 Å². The first kappa shape index (κ1) is 65.6. The summed E-state index contributed by atoms with van der Waals surface area (Å²) in [6, 6.07) is 8.01. The van der Waals surface area contributed by atoms with Gasteiger partial charge in [0.2, 0.25) is 0 Å². The third-order valence-corrected chi connectivity index (χ3v) is 34.4. The van der Waals surface area contributed by atoms with Crippen LogP contribution in [0.5, 0.6) is 5.75 Å². The van der Waals surface area contributed by atoms with Gasteiger partial charge in [-0.3, -0.25) is 4.79 Å². The van der Waals surface area contributed by atoms with Gasteiger partial charge in [0.05, 0.1) is 44.2 Å². The molecule has 69 heavy (non-hydrogen) atoms. The van der Waals surface area contributed by atoms with Crippen LogP contribution in [0, 0.1) is 11.8 Å². The fourth-order valence-electron chi connectivity index (χ4n) is 7.46. The van der Waals surface area contributed by atoms with E-state index < -0.39 is 57.2 Å². The number of ether oxygens (including phenoxy) is 2. The summed E-state index contributed by atoms with van der Waals surface area (Å²) in [4.78, 5) is 16.0. The van der Waals surface area contributed by atoms with E-state index in [4.69, 9.17) is 27.2 Å². The molecule has 0 aliphatic heterocycles. The number of rotatable bonds is 28. The van der Waals surface area contributed by atoms with Crippen LogP contribution in [-0.4, -0.2) is 87.9 Å². The second-order valence-electron chi connectivity index (χ2n) is 27.0. The number of aliphatic hydroxyl groups excluding tert-OH is 1. The number of methoxy groups -OCH3 is 1. The normalized spacial score (nSPS) is 17.8. The van der Waals surface area contributed by atoms with Crippen LogP contribution in [0.2, 0.25) is 72.5 Å². The largest absolute Gasteiger partial charge is 0.497 e. The minimum atomic E-state index is -2.57. The summed E-state index contributed by atoms with van der Waals surface area (Å²) in [6.07, 6.45) is 7.19. The molecule has 0 amide bonds. The number of hydrogen-bond donors (Lipinski definition) is 1. The van der Waals surface area contributed by atoms with Crippen molar-refractivity contribution in [1.82, 2.24) is 0 Å². The van der Waals surface area contributed by atoms with Crippen LogP contribution >= 0.6 is 0 Å². The predicted molar refractivity (Wildman–Crippen MR) is 306 cm³/mol. The maximum atomic E-state index is 16.0. The summed E-state index contributed by atoms with van der Waals surface area (Å²) in [7, 11) is -8.22. The van der Waals surface area contributed by atoms with E-state index >= 15 is 4.79 Å². The minimum absolute atomic E-state index is 0.0244. The van der Waals surface area contributed by atoms with Crippen molar-refractivity contribution in [3.05, 3.63) is 65.8 Å². The summed E-state index contributed by atoms with van der Waals surface area (Å²) >= 11 is 0. The molecule has 0 unspecified atom stereocenters. The van der Waals surface area contributed by atoms with Crippen LogP contribution in [0.4, 0.5) is 0 Å². The third kappa shape index (κ3) is 20.4. The standard InChI is InChI=1S/C57H108O8Si4/c1-42(30-28-29-35-58)36-43(2)37-45(4)57(18,65-69(26,27)56(15,16)17)40-49(62-66(20,21)53(6,7)8)39-50(59)52(64-68(24,25)55(12,13)14)51(63-67(22,23)54(9,10)11)44(3)38-46(5)61-41-47-31-33-48(60-19)34-32-47/h28-29,31-34,37,42,44,46,49,51-52,58H,2,30,35-36,38-41H2,1,3-27H3/b29-28+,45-37+/t42-,44+,46-,49+,51-,52-,57+/m0/s1. The van der Waals surface area contributed by atoms with E-state index in [9.17, 15) is 5.11 Å². The van der Waals surface area contributed by atoms with Crippen LogP contribution < -0.4 is 4.74 Å². The van der Waals surface area contributed by atoms with Crippen LogP contribution in [0.3, 0.4) is 0 Å². The fraction of sp³-hybridized carbons (Fsp3) is 0.772. The molecular formula is C57H108O8Si4. The van der Waals surface area contributed by atoms with Crippen molar-refractivity contribution >= 4 is 39.1 Å². The van der Waals surface area contributed by atoms with E-state index in [1.165, 1.54) is 0 Å². The quantitative estimate of drug-likeness (QED) is 0.0504. The van der Waals surface area contributed by atoms with Gasteiger partial charge in [0, 0.05) is 12.8 Å². The van der Waals surface area contributed by atoms with E-state index in [0.717, 1.165) is 35.3 Å². The molecule has 400 valence electrons. The van der Waals surface area contributed by atoms with E-state index in [1.54, 1.807) is 13.2 Å². The summed E-state index contributed by atoms with van der Waals surface area (Å²) in [5.74, 6) is 1.12. The molecule has 0 heterocycles. The molecule has 0 saturated carbocycles. The Labute approximate surface area is 430 Å². The highest BCUT2D eigenvalue weighted by molar-refractivity contribution is 6.75. The molecule has 0 fully saturated rings. The molecule has 0 aliphatic carbocycles. The average Bonchev–Trinajstić information content (AvgIpc) is 3.16. The number of Topliss-reactive ketones (excluding diaryl/α,β-unsaturated/α-hetero) is 1. The molecule has 0 radical (unpaired) electrons. The van der Waals surface area contributed by atoms with Gasteiger partial charge < -0.3 is 32.3 Å². The Morgan fingerprint density at radius 3 is 1.64 bits per heavy atom. The summed E-state index contributed by atoms with van der Waals surface area (Å²) in [6.45, 7) is 61.4. The SMILES string of the molecule is C=C(/C=C(\C)[C@@](C)(C[C@@H](CC(=O)[C@H](O[Si](C)(C)C(C)(C)C)[C@@H](O[Si](C)(C)C(C)(C)C)[C@H](C)C[C@H](C)OCc1ccc(OC)cc1)O[Si](C)(C)C(C)(C)C)O[Si](C)(C)C(C)(C)C)C[C@@H](C)C/C=C/CO. The van der Waals surface area contributed by atoms with Crippen molar-refractivity contribution in [3.8, 4) is 5.75 Å². The van der Waals surface area contributed by atoms with Crippen molar-refractivity contribution in [2.75, 3.05) is 13.7 Å². The Bertz CT molecular complexity index is 1810. The Kier molecular flexibility index (Phi) is 24.4. The molecule has 1 aromatic carbocycles. The number of carbonyl (C=O) groups is 1. The first-order valence-corrected chi connectivity index (χ1v) is 37.7. The van der Waals surface area contributed by atoms with Crippen molar-refractivity contribution in [3.63, 3.8) is 0 Å². The third-order valence-electron chi connectivity index (χ3n) is 16.3. The van der Waals surface area contributed by atoms with Gasteiger partial charge in [0.15, 0.2) is 39.1 Å². The molecule has 0 aliphatic rings. The molecule has 0 spiro atoms. The van der Waals surface area contributed by atoms with Crippen LogP contribution in [0.25, 0.3) is 0 Å². The smallest absolute Gasteiger partial charge is 0.193 e. The molecule has 12 heteroatoms. The van der Waals surface area contributed by atoms with E-state index in [-0.39, 0.29) is 51.0 Å². The Hall–Kier alpha value is -1.46. The van der Waals surface area contributed by atoms with Gasteiger partial charge in [-0.25, -0.2) is 0 Å². The summed E-state index contributed by atoms with van der Waals surface area (Å²) in [5, 5.41) is 8.89. The number of ketones is 1. The summed E-state index contributed by atoms with van der Waals surface area (Å²) in [5.41, 5.74) is 2.42. The lowest BCUT2D eigenvalue weighted by Gasteiger charge is -2.48. The second kappa shape index (κ2) is 25.7.